The summed E-state index contributed by atoms with van der Waals surface area (Å²) in [5.41, 5.74) is 9.63. The number of para-hydroxylation sites is 2. The van der Waals surface area contributed by atoms with Gasteiger partial charge in [0.2, 0.25) is 0 Å². The van der Waals surface area contributed by atoms with Crippen LogP contribution in [0.15, 0.2) is 206 Å². The quantitative estimate of drug-likeness (QED) is 0.0674. The molecule has 0 aliphatic heterocycles. The van der Waals surface area contributed by atoms with E-state index in [1.807, 2.05) is 97.1 Å². The van der Waals surface area contributed by atoms with Crippen LogP contribution in [0.1, 0.15) is 0 Å². The van der Waals surface area contributed by atoms with Gasteiger partial charge in [-0.05, 0) is 110 Å². The number of halogens is 4. The summed E-state index contributed by atoms with van der Waals surface area (Å²) in [4.78, 5) is 1.42. The molecule has 0 saturated heterocycles. The number of fused-ring (bicyclic) bond motifs is 5. The third-order valence-electron chi connectivity index (χ3n) is 11.9. The fraction of sp³-hybridized carbons (Fsp3) is 0. The van der Waals surface area contributed by atoms with Gasteiger partial charge in [-0.3, -0.25) is 0 Å². The summed E-state index contributed by atoms with van der Waals surface area (Å²) in [6.45, 7) is 0. The zero-order valence-electron chi connectivity index (χ0n) is 33.0. The molecule has 0 N–H and O–H groups in total. The summed E-state index contributed by atoms with van der Waals surface area (Å²) in [6, 6.07) is 67.4. The molecule has 296 valence electrons. The molecule has 2 nitrogen and oxygen atoms in total. The molecule has 1 heterocycles. The smallest absolute Gasteiger partial charge is 0.199 e. The van der Waals surface area contributed by atoms with Crippen molar-refractivity contribution >= 4 is 60.4 Å². The standard InChI is InChI=1S/C56H34F4N2/c57-48-34-51(55(59)56(60)54(48)58)61(40-28-23-35(24-29-40)38-27-32-50-47(33-38)42-17-11-12-22-49(42)62(50)39-15-5-2-6-16-39)41-30-25-37(26-31-41)53-45-20-9-7-18-43(45)52(36-13-3-1-4-14-36)44-19-8-10-21-46(44)53/h1-34H. The molecule has 0 spiro atoms. The average molecular weight is 811 g/mol. The Balaban J connectivity index is 1.03. The zero-order valence-corrected chi connectivity index (χ0v) is 33.0. The Kier molecular flexibility index (Phi) is 8.94. The molecule has 10 aromatic carbocycles. The molecule has 0 aliphatic carbocycles. The highest BCUT2D eigenvalue weighted by molar-refractivity contribution is 6.21. The molecule has 0 fully saturated rings. The maximum Gasteiger partial charge on any atom is 0.199 e. The van der Waals surface area contributed by atoms with Crippen LogP contribution in [-0.2, 0) is 0 Å². The van der Waals surface area contributed by atoms with E-state index in [4.69, 9.17) is 0 Å². The Labute approximate surface area is 354 Å². The van der Waals surface area contributed by atoms with Crippen LogP contribution in [0.2, 0.25) is 0 Å². The van der Waals surface area contributed by atoms with Crippen LogP contribution in [0.25, 0.3) is 82.4 Å². The second-order valence-electron chi connectivity index (χ2n) is 15.4. The van der Waals surface area contributed by atoms with E-state index in [1.54, 1.807) is 24.3 Å². The van der Waals surface area contributed by atoms with Gasteiger partial charge in [-0.1, -0.05) is 146 Å². The lowest BCUT2D eigenvalue weighted by Gasteiger charge is -2.27. The molecule has 62 heavy (non-hydrogen) atoms. The molecule has 0 saturated carbocycles. The molecule has 11 aromatic rings. The lowest BCUT2D eigenvalue weighted by molar-refractivity contribution is 0.410. The normalized spacial score (nSPS) is 11.5. The van der Waals surface area contributed by atoms with Crippen LogP contribution < -0.4 is 4.90 Å². The third kappa shape index (κ3) is 6.02. The summed E-state index contributed by atoms with van der Waals surface area (Å²) in [5.74, 6) is -6.72. The maximum atomic E-state index is 15.9. The summed E-state index contributed by atoms with van der Waals surface area (Å²) in [7, 11) is 0. The van der Waals surface area contributed by atoms with E-state index in [9.17, 15) is 13.2 Å². The zero-order chi connectivity index (χ0) is 41.9. The molecule has 11 rings (SSSR count). The number of aromatic nitrogens is 1. The number of anilines is 3. The summed E-state index contributed by atoms with van der Waals surface area (Å²) in [6.07, 6.45) is 0. The topological polar surface area (TPSA) is 8.17 Å². The van der Waals surface area contributed by atoms with E-state index in [-0.39, 0.29) is 0 Å². The number of nitrogens with zero attached hydrogens (tertiary/aromatic N) is 2. The molecule has 1 aromatic heterocycles. The first-order chi connectivity index (χ1) is 30.4. The van der Waals surface area contributed by atoms with Crippen molar-refractivity contribution in [3.05, 3.63) is 230 Å². The predicted molar refractivity (Wildman–Crippen MR) is 247 cm³/mol. The summed E-state index contributed by atoms with van der Waals surface area (Å²) in [5, 5.41) is 6.51. The highest BCUT2D eigenvalue weighted by Gasteiger charge is 2.26. The van der Waals surface area contributed by atoms with Gasteiger partial charge in [0.1, 0.15) is 0 Å². The van der Waals surface area contributed by atoms with Gasteiger partial charge in [0.15, 0.2) is 23.3 Å². The first kappa shape index (κ1) is 37.1. The van der Waals surface area contributed by atoms with Crippen molar-refractivity contribution in [2.24, 2.45) is 0 Å². The van der Waals surface area contributed by atoms with Crippen LogP contribution in [0.5, 0.6) is 0 Å². The van der Waals surface area contributed by atoms with Gasteiger partial charge in [-0.15, -0.1) is 0 Å². The van der Waals surface area contributed by atoms with E-state index >= 15 is 4.39 Å². The maximum absolute atomic E-state index is 15.9. The fourth-order valence-electron chi connectivity index (χ4n) is 9.09. The lowest BCUT2D eigenvalue weighted by Crippen LogP contribution is -2.14. The average Bonchev–Trinajstić information content (AvgIpc) is 3.66. The van der Waals surface area contributed by atoms with Crippen molar-refractivity contribution in [1.29, 1.82) is 0 Å². The molecule has 0 unspecified atom stereocenters. The Morgan fingerprint density at radius 3 is 1.35 bits per heavy atom. The Morgan fingerprint density at radius 1 is 0.323 bits per heavy atom. The minimum atomic E-state index is -1.88. The van der Waals surface area contributed by atoms with Gasteiger partial charge < -0.3 is 9.47 Å². The third-order valence-corrected chi connectivity index (χ3v) is 11.9. The molecular formula is C56H34F4N2. The monoisotopic (exact) mass is 810 g/mol. The Bertz CT molecular complexity index is 3430. The van der Waals surface area contributed by atoms with E-state index < -0.39 is 29.0 Å². The van der Waals surface area contributed by atoms with E-state index in [2.05, 4.69) is 83.4 Å². The van der Waals surface area contributed by atoms with Gasteiger partial charge in [-0.25, -0.2) is 17.6 Å². The molecule has 0 radical (unpaired) electrons. The highest BCUT2D eigenvalue weighted by atomic mass is 19.2. The van der Waals surface area contributed by atoms with Crippen LogP contribution in [0, 0.1) is 23.3 Å². The van der Waals surface area contributed by atoms with Gasteiger partial charge in [-0.2, -0.15) is 0 Å². The first-order valence-corrected chi connectivity index (χ1v) is 20.4. The van der Waals surface area contributed by atoms with Crippen LogP contribution in [0.3, 0.4) is 0 Å². The highest BCUT2D eigenvalue weighted by Crippen LogP contribution is 2.45. The molecule has 6 heteroatoms. The van der Waals surface area contributed by atoms with Gasteiger partial charge in [0, 0.05) is 33.9 Å². The molecular weight excluding hydrogens is 777 g/mol. The van der Waals surface area contributed by atoms with Crippen molar-refractivity contribution in [2.75, 3.05) is 4.90 Å². The van der Waals surface area contributed by atoms with Crippen molar-refractivity contribution in [1.82, 2.24) is 4.57 Å². The fourth-order valence-corrected chi connectivity index (χ4v) is 9.09. The number of rotatable bonds is 7. The molecule has 0 aliphatic rings. The van der Waals surface area contributed by atoms with Crippen LogP contribution in [0.4, 0.5) is 34.6 Å². The Hall–Kier alpha value is -7.96. The minimum absolute atomic E-state index is 0.426. The van der Waals surface area contributed by atoms with Gasteiger partial charge >= 0.3 is 0 Å². The van der Waals surface area contributed by atoms with E-state index in [0.29, 0.717) is 17.4 Å². The largest absolute Gasteiger partial charge is 0.309 e. The van der Waals surface area contributed by atoms with Crippen LogP contribution in [-0.4, -0.2) is 4.57 Å². The Morgan fingerprint density at radius 2 is 0.774 bits per heavy atom. The van der Waals surface area contributed by atoms with Gasteiger partial charge in [0.25, 0.3) is 0 Å². The van der Waals surface area contributed by atoms with Crippen molar-refractivity contribution in [3.63, 3.8) is 0 Å². The summed E-state index contributed by atoms with van der Waals surface area (Å²) < 4.78 is 62.5. The van der Waals surface area contributed by atoms with Crippen molar-refractivity contribution in [3.8, 4) is 39.1 Å². The summed E-state index contributed by atoms with van der Waals surface area (Å²) >= 11 is 0. The second-order valence-corrected chi connectivity index (χ2v) is 15.4. The molecule has 0 bridgehead atoms. The SMILES string of the molecule is Fc1cc(N(c2ccc(-c3ccc4c(c3)c3ccccc3n4-c3ccccc3)cc2)c2ccc(-c3c4ccccc4c(-c4ccccc4)c4ccccc34)cc2)c(F)c(F)c1F. The molecule has 0 amide bonds. The number of hydrogen-bond acceptors (Lipinski definition) is 1. The van der Waals surface area contributed by atoms with Crippen LogP contribution >= 0.6 is 0 Å². The van der Waals surface area contributed by atoms with Crippen molar-refractivity contribution in [2.45, 2.75) is 0 Å². The van der Waals surface area contributed by atoms with Gasteiger partial charge in [0.05, 0.1) is 16.7 Å². The first-order valence-electron chi connectivity index (χ1n) is 20.4. The second kappa shape index (κ2) is 14.9. The number of hydrogen-bond donors (Lipinski definition) is 0. The lowest BCUT2D eigenvalue weighted by atomic mass is 9.86. The minimum Gasteiger partial charge on any atom is -0.309 e. The van der Waals surface area contributed by atoms with E-state index in [1.165, 1.54) is 4.90 Å². The predicted octanol–water partition coefficient (Wildman–Crippen LogP) is 16.1. The van der Waals surface area contributed by atoms with Crippen molar-refractivity contribution < 1.29 is 17.6 Å². The molecule has 0 atom stereocenters. The number of benzene rings is 10. The van der Waals surface area contributed by atoms with E-state index in [0.717, 1.165) is 82.4 Å².